The SMILES string of the molecule is C[Si](C)(CCC1=C2CCC(C2)C1)O[Si](O[Si](C)(C)CCC1=C2CCC(C2)C1)(O[Si](O[Si](C)(C)CCC1=C2CCC(C2)C1)(O[Si](C)(C)CCC1=C2CCC(C2)C1)C1CCCCC1)C1CCCCC1. The number of allylic oxidation sites excluding steroid dienone is 8. The topological polar surface area (TPSA) is 46.2 Å². The molecule has 4 unspecified atom stereocenters. The summed E-state index contributed by atoms with van der Waals surface area (Å²) in [6.07, 6.45) is 39.5. The van der Waals surface area contributed by atoms with E-state index in [1.54, 1.807) is 22.3 Å². The molecule has 4 atom stereocenters. The minimum absolute atomic E-state index is 0.341. The zero-order valence-electron chi connectivity index (χ0n) is 44.5. The van der Waals surface area contributed by atoms with Crippen molar-refractivity contribution in [2.45, 2.75) is 280 Å². The van der Waals surface area contributed by atoms with Crippen molar-refractivity contribution in [1.29, 1.82) is 0 Å². The summed E-state index contributed by atoms with van der Waals surface area (Å²) < 4.78 is 42.5. The fraction of sp³-hybridized carbons (Fsp3) is 0.857. The van der Waals surface area contributed by atoms with Crippen LogP contribution in [-0.4, -0.2) is 50.9 Å². The maximum absolute atomic E-state index is 8.81. The first-order valence-electron chi connectivity index (χ1n) is 29.2. The molecule has 376 valence electrons. The molecule has 0 aromatic heterocycles. The molecule has 10 aliphatic carbocycles. The lowest BCUT2D eigenvalue weighted by Gasteiger charge is -2.53. The second kappa shape index (κ2) is 20.4. The predicted octanol–water partition coefficient (Wildman–Crippen LogP) is 18.0. The fourth-order valence-corrected chi connectivity index (χ4v) is 44.7. The third-order valence-electron chi connectivity index (χ3n) is 20.0. The predicted molar refractivity (Wildman–Crippen MR) is 294 cm³/mol. The molecule has 0 N–H and O–H groups in total. The van der Waals surface area contributed by atoms with Crippen LogP contribution >= 0.6 is 0 Å². The Bertz CT molecular complexity index is 1690. The van der Waals surface area contributed by atoms with Gasteiger partial charge in [-0.05, 0) is 254 Å². The summed E-state index contributed by atoms with van der Waals surface area (Å²) in [4.78, 5) is 0. The van der Waals surface area contributed by atoms with Crippen LogP contribution in [0.4, 0.5) is 0 Å². The molecule has 0 aromatic rings. The van der Waals surface area contributed by atoms with E-state index in [-0.39, 0.29) is 0 Å². The van der Waals surface area contributed by atoms with E-state index in [1.807, 2.05) is 22.3 Å². The van der Waals surface area contributed by atoms with Gasteiger partial charge >= 0.3 is 17.6 Å². The van der Waals surface area contributed by atoms with Crippen LogP contribution in [0, 0.1) is 23.7 Å². The summed E-state index contributed by atoms with van der Waals surface area (Å²) in [7, 11) is -16.2. The van der Waals surface area contributed by atoms with Crippen molar-refractivity contribution in [2.75, 3.05) is 0 Å². The van der Waals surface area contributed by atoms with Gasteiger partial charge in [0.25, 0.3) is 0 Å². The molecule has 6 fully saturated rings. The smallest absolute Gasteiger partial charge is 0.416 e. The Morgan fingerprint density at radius 1 is 0.313 bits per heavy atom. The number of rotatable bonds is 24. The Kier molecular flexibility index (Phi) is 15.4. The number of hydrogen-bond acceptors (Lipinski definition) is 5. The molecular weight excluding hydrogens is 921 g/mol. The van der Waals surface area contributed by atoms with E-state index in [9.17, 15) is 0 Å². The van der Waals surface area contributed by atoms with Gasteiger partial charge in [0.2, 0.25) is 0 Å². The van der Waals surface area contributed by atoms with Crippen molar-refractivity contribution in [1.82, 2.24) is 0 Å². The second-order valence-electron chi connectivity index (χ2n) is 27.5. The highest BCUT2D eigenvalue weighted by Gasteiger charge is 2.65. The van der Waals surface area contributed by atoms with Crippen molar-refractivity contribution in [3.05, 3.63) is 44.6 Å². The van der Waals surface area contributed by atoms with Gasteiger partial charge in [-0.1, -0.05) is 83.1 Å². The molecule has 10 aliphatic rings. The molecule has 0 amide bonds. The quantitative estimate of drug-likeness (QED) is 0.0712. The van der Waals surface area contributed by atoms with Crippen molar-refractivity contribution < 1.29 is 20.6 Å². The van der Waals surface area contributed by atoms with Crippen LogP contribution in [0.25, 0.3) is 0 Å². The molecule has 0 radical (unpaired) electrons. The molecule has 0 heterocycles. The van der Waals surface area contributed by atoms with Gasteiger partial charge in [0.1, 0.15) is 0 Å². The van der Waals surface area contributed by atoms with Gasteiger partial charge in [0.05, 0.1) is 0 Å². The van der Waals surface area contributed by atoms with Crippen LogP contribution < -0.4 is 0 Å². The lowest BCUT2D eigenvalue weighted by Crippen LogP contribution is -2.71. The Balaban J connectivity index is 1.03. The number of hydrogen-bond donors (Lipinski definition) is 0. The highest BCUT2D eigenvalue weighted by atomic mass is 28.5. The summed E-state index contributed by atoms with van der Waals surface area (Å²) in [6.45, 7) is 20.6. The van der Waals surface area contributed by atoms with Gasteiger partial charge < -0.3 is 20.6 Å². The number of fused-ring (bicyclic) bond motifs is 8. The first-order valence-corrected chi connectivity index (χ1v) is 45.3. The van der Waals surface area contributed by atoms with Gasteiger partial charge in [-0.25, -0.2) is 0 Å². The van der Waals surface area contributed by atoms with Gasteiger partial charge in [-0.15, -0.1) is 0 Å². The van der Waals surface area contributed by atoms with Crippen molar-refractivity contribution in [3.8, 4) is 0 Å². The molecule has 10 rings (SSSR count). The highest BCUT2D eigenvalue weighted by molar-refractivity contribution is 6.94. The standard InChI is InChI=1S/C56H98O5Si6/c1-62(2,31-27-51-39-43-19-23-47(51)35-43)57-66(55-15-11-9-12-16-55,58-63(3,4)32-28-52-40-44-20-24-48(52)36-44)61-67(56-17-13-10-14-18-56,59-64(5,6)33-29-53-41-45-21-25-49(53)37-45)60-65(7,8)34-30-54-42-46-22-26-50(54)38-46/h43-46,55-56H,9-42H2,1-8H3. The zero-order valence-corrected chi connectivity index (χ0v) is 50.5. The minimum atomic E-state index is -3.46. The van der Waals surface area contributed by atoms with Gasteiger partial charge in [-0.2, -0.15) is 0 Å². The summed E-state index contributed by atoms with van der Waals surface area (Å²) in [5.41, 5.74) is 15.2. The molecule has 0 spiro atoms. The largest absolute Gasteiger partial charge is 0.475 e. The van der Waals surface area contributed by atoms with E-state index in [0.29, 0.717) is 11.1 Å². The third kappa shape index (κ3) is 12.0. The lowest BCUT2D eigenvalue weighted by molar-refractivity contribution is 0.140. The summed E-state index contributed by atoms with van der Waals surface area (Å²) >= 11 is 0. The highest BCUT2D eigenvalue weighted by Crippen LogP contribution is 2.54. The molecule has 6 saturated carbocycles. The minimum Gasteiger partial charge on any atom is -0.416 e. The molecule has 67 heavy (non-hydrogen) atoms. The normalized spacial score (nSPS) is 30.1. The van der Waals surface area contributed by atoms with Crippen LogP contribution in [0.5, 0.6) is 0 Å². The van der Waals surface area contributed by atoms with Crippen LogP contribution in [0.3, 0.4) is 0 Å². The first-order chi connectivity index (χ1) is 31.9. The average molecular weight is 1020 g/mol. The third-order valence-corrected chi connectivity index (χ3v) is 44.6. The van der Waals surface area contributed by atoms with Gasteiger partial charge in [0.15, 0.2) is 33.3 Å². The second-order valence-corrected chi connectivity index (χ2v) is 51.7. The molecule has 8 bridgehead atoms. The van der Waals surface area contributed by atoms with Gasteiger partial charge in [0, 0.05) is 11.1 Å². The average Bonchev–Trinajstić information content (AvgIpc) is 4.17. The zero-order chi connectivity index (χ0) is 46.7. The Morgan fingerprint density at radius 2 is 0.567 bits per heavy atom. The molecule has 0 saturated heterocycles. The Labute approximate surface area is 417 Å². The molecule has 11 heteroatoms. The van der Waals surface area contributed by atoms with Crippen molar-refractivity contribution >= 4 is 50.9 Å². The molecule has 0 aliphatic heterocycles. The fourth-order valence-electron chi connectivity index (χ4n) is 16.1. The van der Waals surface area contributed by atoms with E-state index in [4.69, 9.17) is 20.6 Å². The monoisotopic (exact) mass is 1020 g/mol. The molecular formula is C56H98O5Si6. The van der Waals surface area contributed by atoms with Gasteiger partial charge in [-0.3, -0.25) is 0 Å². The molecule has 5 nitrogen and oxygen atoms in total. The summed E-state index contributed by atoms with van der Waals surface area (Å²) in [5, 5.41) is 0. The Hall–Kier alpha value is 0.0613. The van der Waals surface area contributed by atoms with Crippen LogP contribution in [0.2, 0.25) is 87.6 Å². The first kappa shape index (κ1) is 50.6. The molecule has 0 aromatic carbocycles. The van der Waals surface area contributed by atoms with Crippen LogP contribution in [-0.2, 0) is 20.6 Å². The van der Waals surface area contributed by atoms with Crippen molar-refractivity contribution in [3.63, 3.8) is 0 Å². The van der Waals surface area contributed by atoms with Crippen molar-refractivity contribution in [2.24, 2.45) is 23.7 Å². The van der Waals surface area contributed by atoms with E-state index in [0.717, 1.165) is 23.7 Å². The van der Waals surface area contributed by atoms with E-state index in [1.165, 1.54) is 217 Å². The maximum atomic E-state index is 8.81. The maximum Gasteiger partial charge on any atom is 0.475 e. The summed E-state index contributed by atoms with van der Waals surface area (Å²) in [5.74, 6) is 3.70. The van der Waals surface area contributed by atoms with Crippen LogP contribution in [0.1, 0.15) is 193 Å². The van der Waals surface area contributed by atoms with E-state index >= 15 is 0 Å². The lowest BCUT2D eigenvalue weighted by atomic mass is 9.98. The van der Waals surface area contributed by atoms with E-state index < -0.39 is 50.9 Å². The van der Waals surface area contributed by atoms with Crippen LogP contribution in [0.15, 0.2) is 44.6 Å². The Morgan fingerprint density at radius 3 is 0.776 bits per heavy atom. The van der Waals surface area contributed by atoms with E-state index in [2.05, 4.69) is 52.4 Å². The summed E-state index contributed by atoms with van der Waals surface area (Å²) in [6, 6.07) is 4.74.